The van der Waals surface area contributed by atoms with Crippen LogP contribution in [0, 0.1) is 0 Å². The summed E-state index contributed by atoms with van der Waals surface area (Å²) in [6.07, 6.45) is 0. The molecule has 0 unspecified atom stereocenters. The number of hydrogen-bond acceptors (Lipinski definition) is 5. The summed E-state index contributed by atoms with van der Waals surface area (Å²) in [5, 5.41) is 3.39. The molecule has 102 valence electrons. The van der Waals surface area contributed by atoms with Gasteiger partial charge in [-0.25, -0.2) is 0 Å². The minimum absolute atomic E-state index is 0.0203. The Hall–Kier alpha value is -1.69. The zero-order valence-electron chi connectivity index (χ0n) is 10.7. The van der Waals surface area contributed by atoms with Gasteiger partial charge in [-0.3, -0.25) is 9.79 Å². The summed E-state index contributed by atoms with van der Waals surface area (Å²) >= 11 is 1.55. The number of rotatable bonds is 5. The summed E-state index contributed by atoms with van der Waals surface area (Å²) < 4.78 is 10.7. The van der Waals surface area contributed by atoms with E-state index >= 15 is 0 Å². The Balaban J connectivity index is 1.76. The minimum Gasteiger partial charge on any atom is -0.494 e. The molecule has 1 aromatic carbocycles. The van der Waals surface area contributed by atoms with Crippen molar-refractivity contribution >= 4 is 22.8 Å². The van der Waals surface area contributed by atoms with Gasteiger partial charge < -0.3 is 14.8 Å². The molecular formula is C13H16N2O3S. The van der Waals surface area contributed by atoms with E-state index in [0.717, 1.165) is 18.0 Å². The number of carbonyl (C=O) groups is 1. The number of nitrogens with zero attached hydrogens (tertiary/aromatic N) is 1. The zero-order chi connectivity index (χ0) is 13.5. The maximum absolute atomic E-state index is 11.6. The van der Waals surface area contributed by atoms with Crippen LogP contribution in [0.2, 0.25) is 0 Å². The third kappa shape index (κ3) is 4.48. The molecule has 5 nitrogen and oxygen atoms in total. The fourth-order valence-corrected chi connectivity index (χ4v) is 2.26. The van der Waals surface area contributed by atoms with Gasteiger partial charge in [0.2, 0.25) is 0 Å². The van der Waals surface area contributed by atoms with Crippen LogP contribution in [0.25, 0.3) is 0 Å². The van der Waals surface area contributed by atoms with E-state index in [0.29, 0.717) is 17.5 Å². The molecule has 19 heavy (non-hydrogen) atoms. The molecule has 1 N–H and O–H groups in total. The summed E-state index contributed by atoms with van der Waals surface area (Å²) in [4.78, 5) is 15.7. The van der Waals surface area contributed by atoms with E-state index in [-0.39, 0.29) is 12.5 Å². The highest BCUT2D eigenvalue weighted by Crippen LogP contribution is 2.17. The topological polar surface area (TPSA) is 59.9 Å². The van der Waals surface area contributed by atoms with E-state index in [1.807, 2.05) is 19.1 Å². The molecule has 0 radical (unpaired) electrons. The molecule has 0 saturated heterocycles. The molecule has 1 aliphatic heterocycles. The molecule has 0 fully saturated rings. The number of nitrogens with one attached hydrogen (secondary N) is 1. The first-order valence-electron chi connectivity index (χ1n) is 6.10. The second kappa shape index (κ2) is 7.04. The second-order valence-corrected chi connectivity index (χ2v) is 4.86. The number of benzene rings is 1. The lowest BCUT2D eigenvalue weighted by Crippen LogP contribution is -2.31. The Morgan fingerprint density at radius 2 is 2.00 bits per heavy atom. The summed E-state index contributed by atoms with van der Waals surface area (Å²) in [6.45, 7) is 3.30. The lowest BCUT2D eigenvalue weighted by molar-refractivity contribution is -0.121. The Labute approximate surface area is 116 Å². The van der Waals surface area contributed by atoms with Crippen molar-refractivity contribution in [2.45, 2.75) is 6.92 Å². The molecule has 0 spiro atoms. The van der Waals surface area contributed by atoms with Gasteiger partial charge in [-0.15, -0.1) is 0 Å². The maximum Gasteiger partial charge on any atom is 0.263 e. The molecule has 0 bridgehead atoms. The highest BCUT2D eigenvalue weighted by Gasteiger charge is 2.11. The SMILES string of the molecule is CCOc1ccc(OCC(=O)NC2=NCCS2)cc1. The van der Waals surface area contributed by atoms with Crippen molar-refractivity contribution in [1.82, 2.24) is 5.32 Å². The highest BCUT2D eigenvalue weighted by atomic mass is 32.2. The Morgan fingerprint density at radius 3 is 2.58 bits per heavy atom. The predicted octanol–water partition coefficient (Wildman–Crippen LogP) is 1.68. The van der Waals surface area contributed by atoms with Gasteiger partial charge >= 0.3 is 0 Å². The fourth-order valence-electron chi connectivity index (χ4n) is 1.51. The van der Waals surface area contributed by atoms with E-state index in [1.54, 1.807) is 23.9 Å². The lowest BCUT2D eigenvalue weighted by Gasteiger charge is -2.08. The smallest absolute Gasteiger partial charge is 0.263 e. The van der Waals surface area contributed by atoms with Crippen molar-refractivity contribution < 1.29 is 14.3 Å². The first kappa shape index (κ1) is 13.7. The quantitative estimate of drug-likeness (QED) is 0.891. The summed E-state index contributed by atoms with van der Waals surface area (Å²) in [7, 11) is 0. The van der Waals surface area contributed by atoms with E-state index in [2.05, 4.69) is 10.3 Å². The van der Waals surface area contributed by atoms with Crippen LogP contribution >= 0.6 is 11.8 Å². The van der Waals surface area contributed by atoms with Crippen LogP contribution in [0.15, 0.2) is 29.3 Å². The average molecular weight is 280 g/mol. The van der Waals surface area contributed by atoms with Crippen LogP contribution < -0.4 is 14.8 Å². The second-order valence-electron chi connectivity index (χ2n) is 3.78. The Kier molecular flexibility index (Phi) is 5.09. The predicted molar refractivity (Wildman–Crippen MR) is 76.0 cm³/mol. The molecule has 0 atom stereocenters. The zero-order valence-corrected chi connectivity index (χ0v) is 11.5. The van der Waals surface area contributed by atoms with Crippen molar-refractivity contribution in [3.05, 3.63) is 24.3 Å². The average Bonchev–Trinajstić information content (AvgIpc) is 2.91. The van der Waals surface area contributed by atoms with E-state index < -0.39 is 0 Å². The van der Waals surface area contributed by atoms with Crippen LogP contribution in [-0.4, -0.2) is 36.6 Å². The van der Waals surface area contributed by atoms with Crippen LogP contribution in [-0.2, 0) is 4.79 Å². The summed E-state index contributed by atoms with van der Waals surface area (Å²) in [5.41, 5.74) is 0. The van der Waals surface area contributed by atoms with Gasteiger partial charge in [0, 0.05) is 5.75 Å². The first-order chi connectivity index (χ1) is 9.28. The number of hydrogen-bond donors (Lipinski definition) is 1. The van der Waals surface area contributed by atoms with Crippen molar-refractivity contribution in [1.29, 1.82) is 0 Å². The maximum atomic E-state index is 11.6. The van der Waals surface area contributed by atoms with E-state index in [1.165, 1.54) is 0 Å². The largest absolute Gasteiger partial charge is 0.494 e. The van der Waals surface area contributed by atoms with Gasteiger partial charge in [0.15, 0.2) is 11.8 Å². The Bertz CT molecular complexity index is 459. The van der Waals surface area contributed by atoms with Crippen LogP contribution in [0.1, 0.15) is 6.92 Å². The van der Waals surface area contributed by atoms with Crippen LogP contribution in [0.4, 0.5) is 0 Å². The van der Waals surface area contributed by atoms with Gasteiger partial charge in [-0.2, -0.15) is 0 Å². The third-order valence-electron chi connectivity index (χ3n) is 2.34. The van der Waals surface area contributed by atoms with E-state index in [9.17, 15) is 4.79 Å². The number of carbonyl (C=O) groups excluding carboxylic acids is 1. The summed E-state index contributed by atoms with van der Waals surface area (Å²) in [6, 6.07) is 7.18. The number of thioether (sulfide) groups is 1. The molecule has 1 amide bonds. The molecule has 1 aromatic rings. The van der Waals surface area contributed by atoms with Crippen molar-refractivity contribution in [2.75, 3.05) is 25.5 Å². The first-order valence-corrected chi connectivity index (χ1v) is 7.09. The monoisotopic (exact) mass is 280 g/mol. The number of aliphatic imine (C=N–C) groups is 1. The Morgan fingerprint density at radius 1 is 1.32 bits per heavy atom. The molecule has 2 rings (SSSR count). The standard InChI is InChI=1S/C13H16N2O3S/c1-2-17-10-3-5-11(6-4-10)18-9-12(16)15-13-14-7-8-19-13/h3-6H,2,7-9H2,1H3,(H,14,15,16). The van der Waals surface area contributed by atoms with Crippen molar-refractivity contribution in [2.24, 2.45) is 4.99 Å². The van der Waals surface area contributed by atoms with Crippen LogP contribution in [0.5, 0.6) is 11.5 Å². The molecule has 0 saturated carbocycles. The molecular weight excluding hydrogens is 264 g/mol. The molecule has 0 aromatic heterocycles. The fraction of sp³-hybridized carbons (Fsp3) is 0.385. The normalized spacial score (nSPS) is 13.8. The van der Waals surface area contributed by atoms with Crippen LogP contribution in [0.3, 0.4) is 0 Å². The van der Waals surface area contributed by atoms with Gasteiger partial charge in [0.1, 0.15) is 11.5 Å². The van der Waals surface area contributed by atoms with Gasteiger partial charge in [0.05, 0.1) is 13.2 Å². The molecule has 1 heterocycles. The van der Waals surface area contributed by atoms with Gasteiger partial charge in [-0.1, -0.05) is 11.8 Å². The number of amides is 1. The third-order valence-corrected chi connectivity index (χ3v) is 3.23. The highest BCUT2D eigenvalue weighted by molar-refractivity contribution is 8.14. The summed E-state index contributed by atoms with van der Waals surface area (Å²) in [5.74, 6) is 2.16. The number of ether oxygens (including phenoxy) is 2. The molecule has 0 aliphatic carbocycles. The molecule has 1 aliphatic rings. The lowest BCUT2D eigenvalue weighted by atomic mass is 10.3. The van der Waals surface area contributed by atoms with Crippen molar-refractivity contribution in [3.63, 3.8) is 0 Å². The minimum atomic E-state index is -0.193. The van der Waals surface area contributed by atoms with Gasteiger partial charge in [-0.05, 0) is 31.2 Å². The number of amidine groups is 1. The van der Waals surface area contributed by atoms with E-state index in [4.69, 9.17) is 9.47 Å². The van der Waals surface area contributed by atoms with Gasteiger partial charge in [0.25, 0.3) is 5.91 Å². The molecule has 6 heteroatoms. The van der Waals surface area contributed by atoms with Crippen molar-refractivity contribution in [3.8, 4) is 11.5 Å².